The maximum absolute atomic E-state index is 13.9. The van der Waals surface area contributed by atoms with E-state index in [4.69, 9.17) is 4.74 Å². The monoisotopic (exact) mass is 527 g/mol. The predicted octanol–water partition coefficient (Wildman–Crippen LogP) is 4.59. The summed E-state index contributed by atoms with van der Waals surface area (Å²) in [7, 11) is 0. The lowest BCUT2D eigenvalue weighted by Crippen LogP contribution is -2.54. The number of aryl methyl sites for hydroxylation is 2. The molecule has 2 unspecified atom stereocenters. The number of amides is 3. The first-order valence-corrected chi connectivity index (χ1v) is 12.9. The van der Waals surface area contributed by atoms with Crippen molar-refractivity contribution in [1.29, 1.82) is 0 Å². The second kappa shape index (κ2) is 13.8. The molecule has 0 bridgehead atoms. The number of benzene rings is 2. The number of unbranched alkanes of at least 4 members (excludes halogenated alkanes) is 2. The van der Waals surface area contributed by atoms with Crippen LogP contribution in [0.5, 0.6) is 5.75 Å². The number of phenolic OH excluding ortho intramolecular Hbond substituents is 1. The Hall–Kier alpha value is -3.59. The molecule has 0 fully saturated rings. The van der Waals surface area contributed by atoms with Crippen LogP contribution in [0.25, 0.3) is 0 Å². The molecule has 0 saturated heterocycles. The minimum atomic E-state index is -1.35. The zero-order chi connectivity index (χ0) is 28.5. The zero-order valence-corrected chi connectivity index (χ0v) is 23.2. The van der Waals surface area contributed by atoms with E-state index in [0.717, 1.165) is 24.0 Å². The van der Waals surface area contributed by atoms with Crippen molar-refractivity contribution in [3.05, 3.63) is 59.2 Å². The number of carbonyl (C=O) groups is 3. The van der Waals surface area contributed by atoms with Crippen molar-refractivity contribution in [2.45, 2.75) is 78.5 Å². The van der Waals surface area contributed by atoms with E-state index in [2.05, 4.69) is 10.6 Å². The second-order valence-corrected chi connectivity index (χ2v) is 10.3. The molecule has 208 valence electrons. The Kier molecular flexibility index (Phi) is 11.1. The van der Waals surface area contributed by atoms with Gasteiger partial charge in [-0.1, -0.05) is 56.2 Å². The predicted molar refractivity (Wildman–Crippen MR) is 147 cm³/mol. The van der Waals surface area contributed by atoms with Crippen LogP contribution in [0.2, 0.25) is 0 Å². The Balaban J connectivity index is 2.53. The molecule has 0 heterocycles. The lowest BCUT2D eigenvalue weighted by molar-refractivity contribution is -0.141. The molecule has 2 atom stereocenters. The molecule has 0 aliphatic carbocycles. The van der Waals surface area contributed by atoms with Crippen molar-refractivity contribution in [3.8, 4) is 5.75 Å². The highest BCUT2D eigenvalue weighted by molar-refractivity contribution is 6.00. The maximum Gasteiger partial charge on any atom is 0.408 e. The van der Waals surface area contributed by atoms with Gasteiger partial charge in [0.15, 0.2) is 0 Å². The van der Waals surface area contributed by atoms with Gasteiger partial charge in [-0.25, -0.2) is 4.79 Å². The lowest BCUT2D eigenvalue weighted by atomic mass is 10.00. The number of phenols is 1. The fourth-order valence-corrected chi connectivity index (χ4v) is 4.11. The van der Waals surface area contributed by atoms with Crippen molar-refractivity contribution >= 4 is 23.6 Å². The summed E-state index contributed by atoms with van der Waals surface area (Å²) in [5.74, 6) is -1.34. The number of para-hydroxylation sites is 2. The number of hydrogen-bond acceptors (Lipinski definition) is 6. The van der Waals surface area contributed by atoms with E-state index in [1.165, 1.54) is 11.0 Å². The van der Waals surface area contributed by atoms with Crippen LogP contribution >= 0.6 is 0 Å². The molecule has 0 saturated carbocycles. The molecule has 3 amide bonds. The molecular weight excluding hydrogens is 486 g/mol. The molecule has 2 rings (SSSR count). The van der Waals surface area contributed by atoms with Crippen LogP contribution in [0.3, 0.4) is 0 Å². The number of alkyl carbamates (subject to hydrolysis) is 1. The van der Waals surface area contributed by atoms with Crippen molar-refractivity contribution in [1.82, 2.24) is 10.2 Å². The standard InChI is InChI=1S/C29H41N3O6/c1-7-8-11-17-32(27(36)22(18-33)30-28(37)38-29(4,5)6)25(21-15-9-10-16-23(21)34)26(35)31-24-19(2)13-12-14-20(24)3/h9-10,12-16,22,25,33-34H,7-8,11,17-18H2,1-6H3,(H,30,37)(H,31,35). The van der Waals surface area contributed by atoms with Gasteiger partial charge in [-0.15, -0.1) is 0 Å². The van der Waals surface area contributed by atoms with E-state index in [0.29, 0.717) is 12.1 Å². The molecule has 0 aliphatic rings. The molecule has 0 aromatic heterocycles. The minimum absolute atomic E-state index is 0.150. The highest BCUT2D eigenvalue weighted by Gasteiger charge is 2.37. The Morgan fingerprint density at radius 2 is 1.63 bits per heavy atom. The highest BCUT2D eigenvalue weighted by atomic mass is 16.6. The topological polar surface area (TPSA) is 128 Å². The van der Waals surface area contributed by atoms with Crippen LogP contribution in [0.4, 0.5) is 10.5 Å². The third-order valence-corrected chi connectivity index (χ3v) is 5.98. The fourth-order valence-electron chi connectivity index (χ4n) is 4.11. The summed E-state index contributed by atoms with van der Waals surface area (Å²) in [5, 5.41) is 26.1. The van der Waals surface area contributed by atoms with Gasteiger partial charge in [0.2, 0.25) is 5.91 Å². The quantitative estimate of drug-likeness (QED) is 0.316. The number of aliphatic hydroxyl groups excluding tert-OH is 1. The first-order chi connectivity index (χ1) is 17.9. The molecule has 2 aromatic carbocycles. The average molecular weight is 528 g/mol. The third kappa shape index (κ3) is 8.48. The number of nitrogens with zero attached hydrogens (tertiary/aromatic N) is 1. The van der Waals surface area contributed by atoms with Crippen LogP contribution < -0.4 is 10.6 Å². The van der Waals surface area contributed by atoms with Gasteiger partial charge >= 0.3 is 6.09 Å². The molecule has 9 nitrogen and oxygen atoms in total. The number of nitrogens with one attached hydrogen (secondary N) is 2. The zero-order valence-electron chi connectivity index (χ0n) is 23.2. The molecular formula is C29H41N3O6. The Labute approximate surface area is 225 Å². The van der Waals surface area contributed by atoms with E-state index in [1.807, 2.05) is 39.0 Å². The van der Waals surface area contributed by atoms with E-state index in [1.54, 1.807) is 39.0 Å². The molecule has 0 spiro atoms. The van der Waals surface area contributed by atoms with Gasteiger partial charge in [0, 0.05) is 17.8 Å². The second-order valence-electron chi connectivity index (χ2n) is 10.3. The highest BCUT2D eigenvalue weighted by Crippen LogP contribution is 2.32. The molecule has 2 aromatic rings. The number of carbonyl (C=O) groups excluding carboxylic acids is 3. The van der Waals surface area contributed by atoms with Crippen LogP contribution in [-0.4, -0.2) is 57.8 Å². The van der Waals surface area contributed by atoms with Gasteiger partial charge in [0.1, 0.15) is 23.4 Å². The van der Waals surface area contributed by atoms with Gasteiger partial charge in [-0.2, -0.15) is 0 Å². The van der Waals surface area contributed by atoms with Gasteiger partial charge in [0.05, 0.1) is 6.61 Å². The van der Waals surface area contributed by atoms with Gasteiger partial charge in [-0.05, 0) is 58.2 Å². The van der Waals surface area contributed by atoms with E-state index < -0.39 is 42.2 Å². The fraction of sp³-hybridized carbons (Fsp3) is 0.483. The number of rotatable bonds is 11. The summed E-state index contributed by atoms with van der Waals surface area (Å²) < 4.78 is 5.26. The minimum Gasteiger partial charge on any atom is -0.508 e. The Bertz CT molecular complexity index is 1090. The van der Waals surface area contributed by atoms with Crippen molar-refractivity contribution in [2.75, 3.05) is 18.5 Å². The number of anilines is 1. The van der Waals surface area contributed by atoms with Crippen LogP contribution in [0.1, 0.15) is 69.7 Å². The first kappa shape index (κ1) is 30.6. The molecule has 38 heavy (non-hydrogen) atoms. The van der Waals surface area contributed by atoms with E-state index >= 15 is 0 Å². The van der Waals surface area contributed by atoms with Crippen LogP contribution in [0, 0.1) is 13.8 Å². The molecule has 4 N–H and O–H groups in total. The molecule has 0 radical (unpaired) electrons. The van der Waals surface area contributed by atoms with E-state index in [9.17, 15) is 24.6 Å². The number of hydrogen-bond donors (Lipinski definition) is 4. The SMILES string of the molecule is CCCCCN(C(=O)C(CO)NC(=O)OC(C)(C)C)C(C(=O)Nc1c(C)cccc1C)c1ccccc1O. The van der Waals surface area contributed by atoms with Crippen LogP contribution in [0.15, 0.2) is 42.5 Å². The van der Waals surface area contributed by atoms with Crippen molar-refractivity contribution in [3.63, 3.8) is 0 Å². The first-order valence-electron chi connectivity index (χ1n) is 12.9. The molecule has 9 heteroatoms. The Morgan fingerprint density at radius 1 is 1.00 bits per heavy atom. The molecule has 0 aliphatic heterocycles. The summed E-state index contributed by atoms with van der Waals surface area (Å²) in [6.45, 7) is 10.3. The van der Waals surface area contributed by atoms with Gasteiger partial charge < -0.3 is 30.5 Å². The van der Waals surface area contributed by atoms with E-state index in [-0.39, 0.29) is 17.9 Å². The summed E-state index contributed by atoms with van der Waals surface area (Å²) >= 11 is 0. The van der Waals surface area contributed by atoms with Gasteiger partial charge in [0.25, 0.3) is 5.91 Å². The largest absolute Gasteiger partial charge is 0.508 e. The smallest absolute Gasteiger partial charge is 0.408 e. The third-order valence-electron chi connectivity index (χ3n) is 5.98. The average Bonchev–Trinajstić information content (AvgIpc) is 2.83. The number of aliphatic hydroxyl groups is 1. The normalized spacial score (nSPS) is 12.8. The van der Waals surface area contributed by atoms with Crippen molar-refractivity contribution in [2.24, 2.45) is 0 Å². The lowest BCUT2D eigenvalue weighted by Gasteiger charge is -2.34. The maximum atomic E-state index is 13.9. The Morgan fingerprint density at radius 3 is 2.18 bits per heavy atom. The summed E-state index contributed by atoms with van der Waals surface area (Å²) in [5.41, 5.74) is 1.73. The number of aromatic hydroxyl groups is 1. The summed E-state index contributed by atoms with van der Waals surface area (Å²) in [6.07, 6.45) is 1.38. The number of ether oxygens (including phenoxy) is 1. The summed E-state index contributed by atoms with van der Waals surface area (Å²) in [6, 6.07) is 9.38. The van der Waals surface area contributed by atoms with Crippen LogP contribution in [-0.2, 0) is 14.3 Å². The van der Waals surface area contributed by atoms with Crippen molar-refractivity contribution < 1.29 is 29.3 Å². The summed E-state index contributed by atoms with van der Waals surface area (Å²) in [4.78, 5) is 41.4. The van der Waals surface area contributed by atoms with Gasteiger partial charge in [-0.3, -0.25) is 9.59 Å².